The van der Waals surface area contributed by atoms with E-state index in [1.165, 1.54) is 6.92 Å². The third-order valence-electron chi connectivity index (χ3n) is 5.34. The quantitative estimate of drug-likeness (QED) is 0.199. The summed E-state index contributed by atoms with van der Waals surface area (Å²) < 4.78 is 16.0. The number of hydrogen-bond acceptors (Lipinski definition) is 7. The molecule has 0 aliphatic heterocycles. The first-order valence-corrected chi connectivity index (χ1v) is 13.0. The van der Waals surface area contributed by atoms with Crippen molar-refractivity contribution in [2.24, 2.45) is 10.8 Å². The van der Waals surface area contributed by atoms with E-state index < -0.39 is 34.7 Å². The van der Waals surface area contributed by atoms with Crippen molar-refractivity contribution in [2.45, 2.75) is 141 Å². The summed E-state index contributed by atoms with van der Waals surface area (Å²) in [6, 6.07) is 0. The molecule has 0 bridgehead atoms. The summed E-state index contributed by atoms with van der Waals surface area (Å²) in [5, 5.41) is 0. The van der Waals surface area contributed by atoms with Gasteiger partial charge in [0.05, 0.1) is 0 Å². The first-order valence-electron chi connectivity index (χ1n) is 13.0. The molecule has 0 rings (SSSR count). The van der Waals surface area contributed by atoms with E-state index in [4.69, 9.17) is 14.2 Å². The van der Waals surface area contributed by atoms with E-state index in [1.54, 1.807) is 48.5 Å². The van der Waals surface area contributed by atoms with Crippen molar-refractivity contribution >= 4 is 23.7 Å². The maximum absolute atomic E-state index is 12.4. The molecule has 7 nitrogen and oxygen atoms in total. The lowest BCUT2D eigenvalue weighted by atomic mass is 9.83. The van der Waals surface area contributed by atoms with Crippen LogP contribution in [0.2, 0.25) is 0 Å². The van der Waals surface area contributed by atoms with Crippen LogP contribution in [-0.2, 0) is 33.4 Å². The minimum Gasteiger partial charge on any atom is -0.457 e. The van der Waals surface area contributed by atoms with Gasteiger partial charge >= 0.3 is 17.9 Å². The average molecular weight is 539 g/mol. The smallest absolute Gasteiger partial charge is 0.350 e. The zero-order chi connectivity index (χ0) is 31.2. The number of esters is 3. The summed E-state index contributed by atoms with van der Waals surface area (Å²) in [6.45, 7) is 32.2. The highest BCUT2D eigenvalue weighted by Gasteiger charge is 2.39. The molecule has 0 heterocycles. The summed E-state index contributed by atoms with van der Waals surface area (Å²) in [6.07, 6.45) is 0. The number of hydrogen-bond donors (Lipinski definition) is 0. The van der Waals surface area contributed by atoms with E-state index in [9.17, 15) is 19.2 Å². The molecule has 0 radical (unpaired) electrons. The maximum Gasteiger partial charge on any atom is 0.350 e. The van der Waals surface area contributed by atoms with Crippen molar-refractivity contribution < 1.29 is 33.4 Å². The van der Waals surface area contributed by atoms with Crippen molar-refractivity contribution in [3.05, 3.63) is 22.3 Å². The third-order valence-corrected chi connectivity index (χ3v) is 5.34. The Morgan fingerprint density at radius 3 is 0.947 bits per heavy atom. The summed E-state index contributed by atoms with van der Waals surface area (Å²) in [5.41, 5.74) is -0.632. The number of rotatable bonds is 6. The van der Waals surface area contributed by atoms with Gasteiger partial charge in [0.2, 0.25) is 5.60 Å². The molecule has 0 atom stereocenters. The van der Waals surface area contributed by atoms with Gasteiger partial charge in [-0.15, -0.1) is 0 Å². The van der Waals surface area contributed by atoms with Crippen LogP contribution in [0.15, 0.2) is 22.3 Å². The van der Waals surface area contributed by atoms with Gasteiger partial charge in [-0.05, 0) is 93.9 Å². The lowest BCUT2D eigenvalue weighted by Crippen LogP contribution is -2.43. The first-order chi connectivity index (χ1) is 16.5. The SMILES string of the molecule is CC(=O)C(C)(C)OC(=O)C(=C(C)C)C(C)(C)C.CC(C)=C(C(=O)OC(C)(C)C(=O)OC(C)(C)C)C(C)(C)C. The van der Waals surface area contributed by atoms with E-state index in [1.807, 2.05) is 69.2 Å². The second-order valence-corrected chi connectivity index (χ2v) is 14.1. The van der Waals surface area contributed by atoms with E-state index in [2.05, 4.69) is 0 Å². The van der Waals surface area contributed by atoms with Crippen LogP contribution in [-0.4, -0.2) is 40.5 Å². The van der Waals surface area contributed by atoms with E-state index >= 15 is 0 Å². The molecule has 0 aromatic rings. The molecular weight excluding hydrogens is 484 g/mol. The zero-order valence-electron chi connectivity index (χ0n) is 27.4. The van der Waals surface area contributed by atoms with Gasteiger partial charge in [-0.1, -0.05) is 52.7 Å². The van der Waals surface area contributed by atoms with Crippen LogP contribution in [0.4, 0.5) is 0 Å². The van der Waals surface area contributed by atoms with Gasteiger partial charge in [0.25, 0.3) is 0 Å². The van der Waals surface area contributed by atoms with Crippen LogP contribution in [0.5, 0.6) is 0 Å². The van der Waals surface area contributed by atoms with Crippen LogP contribution in [0.25, 0.3) is 0 Å². The fourth-order valence-electron chi connectivity index (χ4n) is 3.60. The van der Waals surface area contributed by atoms with Crippen LogP contribution < -0.4 is 0 Å². The zero-order valence-corrected chi connectivity index (χ0v) is 27.4. The van der Waals surface area contributed by atoms with Crippen LogP contribution >= 0.6 is 0 Å². The molecule has 0 unspecified atom stereocenters. The van der Waals surface area contributed by atoms with E-state index in [-0.39, 0.29) is 16.6 Å². The average Bonchev–Trinajstić information content (AvgIpc) is 2.55. The lowest BCUT2D eigenvalue weighted by Gasteiger charge is -2.31. The standard InChI is InChI=1S/C17H30O4.C14H24O3/c1-11(2)12(15(3,4)5)13(18)20-17(9,10)14(19)21-16(6,7)8;1-9(2)11(13(4,5)6)12(16)17-14(7,8)10(3)15/h1-10H3;1-8H3. The highest BCUT2D eigenvalue weighted by molar-refractivity contribution is 5.94. The first kappa shape index (κ1) is 37.7. The van der Waals surface area contributed by atoms with Crippen LogP contribution in [0.1, 0.15) is 125 Å². The van der Waals surface area contributed by atoms with E-state index in [0.717, 1.165) is 11.1 Å². The predicted molar refractivity (Wildman–Crippen MR) is 153 cm³/mol. The topological polar surface area (TPSA) is 96.0 Å². The molecule has 0 spiro atoms. The van der Waals surface area contributed by atoms with Crippen molar-refractivity contribution in [3.8, 4) is 0 Å². The van der Waals surface area contributed by atoms with Gasteiger partial charge in [0, 0.05) is 11.1 Å². The molecule has 220 valence electrons. The largest absolute Gasteiger partial charge is 0.457 e. The van der Waals surface area contributed by atoms with Gasteiger partial charge in [-0.25, -0.2) is 14.4 Å². The lowest BCUT2D eigenvalue weighted by molar-refractivity contribution is -0.185. The van der Waals surface area contributed by atoms with Crippen molar-refractivity contribution in [1.29, 1.82) is 0 Å². The van der Waals surface area contributed by atoms with Gasteiger partial charge < -0.3 is 14.2 Å². The van der Waals surface area contributed by atoms with Crippen LogP contribution in [0, 0.1) is 10.8 Å². The van der Waals surface area contributed by atoms with E-state index in [0.29, 0.717) is 11.1 Å². The molecule has 0 aliphatic rings. The molecule has 0 aliphatic carbocycles. The highest BCUT2D eigenvalue weighted by atomic mass is 16.6. The Bertz CT molecular complexity index is 946. The Morgan fingerprint density at radius 1 is 0.447 bits per heavy atom. The second kappa shape index (κ2) is 13.1. The molecular formula is C31H54O7. The van der Waals surface area contributed by atoms with Crippen LogP contribution in [0.3, 0.4) is 0 Å². The molecule has 0 aromatic heterocycles. The van der Waals surface area contributed by atoms with Crippen molar-refractivity contribution in [1.82, 2.24) is 0 Å². The molecule has 0 aromatic carbocycles. The molecule has 0 saturated heterocycles. The Hall–Kier alpha value is -2.44. The fourth-order valence-corrected chi connectivity index (χ4v) is 3.60. The minimum absolute atomic E-state index is 0.159. The van der Waals surface area contributed by atoms with Gasteiger partial charge in [0.1, 0.15) is 5.60 Å². The fraction of sp³-hybridized carbons (Fsp3) is 0.742. The Balaban J connectivity index is 0. The Kier molecular flexibility index (Phi) is 13.0. The molecule has 0 fully saturated rings. The normalized spacial score (nSPS) is 12.4. The number of carbonyl (C=O) groups is 4. The molecule has 38 heavy (non-hydrogen) atoms. The Labute approximate surface area is 231 Å². The number of carbonyl (C=O) groups excluding carboxylic acids is 4. The molecule has 0 saturated carbocycles. The number of Topliss-reactive ketones (excluding diaryl/α,β-unsaturated/α-hetero) is 1. The molecule has 0 N–H and O–H groups in total. The number of ether oxygens (including phenoxy) is 3. The summed E-state index contributed by atoms with van der Waals surface area (Å²) in [5.74, 6) is -1.59. The molecule has 0 amide bonds. The van der Waals surface area contributed by atoms with Crippen molar-refractivity contribution in [2.75, 3.05) is 0 Å². The second-order valence-electron chi connectivity index (χ2n) is 14.1. The number of ketones is 1. The summed E-state index contributed by atoms with van der Waals surface area (Å²) >= 11 is 0. The minimum atomic E-state index is -1.32. The maximum atomic E-state index is 12.4. The number of allylic oxidation sites excluding steroid dienone is 2. The van der Waals surface area contributed by atoms with Crippen molar-refractivity contribution in [3.63, 3.8) is 0 Å². The van der Waals surface area contributed by atoms with Gasteiger partial charge in [0.15, 0.2) is 11.4 Å². The summed E-state index contributed by atoms with van der Waals surface area (Å²) in [7, 11) is 0. The monoisotopic (exact) mass is 538 g/mol. The van der Waals surface area contributed by atoms with Gasteiger partial charge in [-0.3, -0.25) is 4.79 Å². The Morgan fingerprint density at radius 2 is 0.737 bits per heavy atom. The summed E-state index contributed by atoms with van der Waals surface area (Å²) in [4.78, 5) is 48.0. The predicted octanol–water partition coefficient (Wildman–Crippen LogP) is 7.31. The third kappa shape index (κ3) is 12.9. The highest BCUT2D eigenvalue weighted by Crippen LogP contribution is 2.32. The van der Waals surface area contributed by atoms with Gasteiger partial charge in [-0.2, -0.15) is 0 Å². The molecule has 7 heteroatoms.